The van der Waals surface area contributed by atoms with Gasteiger partial charge in [-0.25, -0.2) is 0 Å². The first-order valence-corrected chi connectivity index (χ1v) is 5.09. The number of rotatable bonds is 4. The van der Waals surface area contributed by atoms with Gasteiger partial charge in [0.2, 0.25) is 5.91 Å². The van der Waals surface area contributed by atoms with Crippen molar-refractivity contribution >= 4 is 5.91 Å². The van der Waals surface area contributed by atoms with Crippen LogP contribution in [0.1, 0.15) is 41.0 Å². The molecule has 0 rings (SSSR count). The summed E-state index contributed by atoms with van der Waals surface area (Å²) in [6, 6.07) is 2.12. The Kier molecular flexibility index (Phi) is 4.62. The Morgan fingerprint density at radius 3 is 2.29 bits per heavy atom. The molecule has 1 amide bonds. The van der Waals surface area contributed by atoms with Crippen LogP contribution in [0, 0.1) is 23.2 Å². The number of carbonyl (C=O) groups excluding carboxylic acids is 1. The van der Waals surface area contributed by atoms with Crippen LogP contribution in [0.3, 0.4) is 0 Å². The van der Waals surface area contributed by atoms with Gasteiger partial charge in [0.05, 0.1) is 6.07 Å². The van der Waals surface area contributed by atoms with Crippen molar-refractivity contribution in [3.8, 4) is 6.07 Å². The van der Waals surface area contributed by atoms with Gasteiger partial charge in [-0.1, -0.05) is 27.7 Å². The SMILES string of the molecule is CCC(C)(C#N)NC(=O)C(C)C(C)C. The highest BCUT2D eigenvalue weighted by atomic mass is 16.2. The maximum Gasteiger partial charge on any atom is 0.224 e. The molecule has 0 heterocycles. The van der Waals surface area contributed by atoms with Crippen molar-refractivity contribution in [1.82, 2.24) is 5.32 Å². The van der Waals surface area contributed by atoms with Crippen molar-refractivity contribution in [2.75, 3.05) is 0 Å². The van der Waals surface area contributed by atoms with Crippen molar-refractivity contribution in [3.05, 3.63) is 0 Å². The molecule has 0 saturated heterocycles. The molecule has 0 aliphatic rings. The van der Waals surface area contributed by atoms with Crippen LogP contribution in [0.4, 0.5) is 0 Å². The third-order valence-corrected chi connectivity index (χ3v) is 2.77. The van der Waals surface area contributed by atoms with Crippen LogP contribution in [0.25, 0.3) is 0 Å². The minimum absolute atomic E-state index is 0.0362. The van der Waals surface area contributed by atoms with Gasteiger partial charge in [0.25, 0.3) is 0 Å². The van der Waals surface area contributed by atoms with Crippen LogP contribution in [-0.4, -0.2) is 11.4 Å². The Hall–Kier alpha value is -1.04. The van der Waals surface area contributed by atoms with Crippen LogP contribution >= 0.6 is 0 Å². The van der Waals surface area contributed by atoms with E-state index >= 15 is 0 Å². The number of hydrogen-bond donors (Lipinski definition) is 1. The second-order valence-corrected chi connectivity index (χ2v) is 4.32. The normalized spacial score (nSPS) is 16.9. The zero-order valence-electron chi connectivity index (χ0n) is 9.72. The molecule has 0 fully saturated rings. The smallest absolute Gasteiger partial charge is 0.224 e. The van der Waals surface area contributed by atoms with Crippen molar-refractivity contribution in [2.45, 2.75) is 46.6 Å². The molecule has 3 nitrogen and oxygen atoms in total. The third kappa shape index (κ3) is 3.37. The predicted octanol–water partition coefficient (Wildman–Crippen LogP) is 2.09. The van der Waals surface area contributed by atoms with E-state index in [4.69, 9.17) is 5.26 Å². The summed E-state index contributed by atoms with van der Waals surface area (Å²) in [7, 11) is 0. The minimum Gasteiger partial charge on any atom is -0.338 e. The zero-order valence-corrected chi connectivity index (χ0v) is 9.72. The molecule has 0 bridgehead atoms. The molecule has 0 aromatic carbocycles. The van der Waals surface area contributed by atoms with Crippen LogP contribution < -0.4 is 5.32 Å². The predicted molar refractivity (Wildman–Crippen MR) is 56.5 cm³/mol. The summed E-state index contributed by atoms with van der Waals surface area (Å²) in [5.41, 5.74) is -0.722. The van der Waals surface area contributed by atoms with Gasteiger partial charge in [0.15, 0.2) is 0 Å². The molecule has 80 valence electrons. The van der Waals surface area contributed by atoms with Crippen molar-refractivity contribution < 1.29 is 4.79 Å². The molecule has 0 aromatic heterocycles. The van der Waals surface area contributed by atoms with Gasteiger partial charge in [0.1, 0.15) is 5.54 Å². The minimum atomic E-state index is -0.722. The molecule has 0 aromatic rings. The molecule has 0 radical (unpaired) electrons. The standard InChI is InChI=1S/C11H20N2O/c1-6-11(5,7-12)13-10(14)9(4)8(2)3/h8-9H,6H2,1-5H3,(H,13,14). The van der Waals surface area contributed by atoms with Gasteiger partial charge in [0, 0.05) is 5.92 Å². The maximum absolute atomic E-state index is 11.7. The summed E-state index contributed by atoms with van der Waals surface area (Å²) in [5.74, 6) is 0.218. The highest BCUT2D eigenvalue weighted by Gasteiger charge is 2.27. The lowest BCUT2D eigenvalue weighted by Crippen LogP contribution is -2.47. The number of nitriles is 1. The van der Waals surface area contributed by atoms with Gasteiger partial charge in [-0.3, -0.25) is 4.79 Å². The highest BCUT2D eigenvalue weighted by Crippen LogP contribution is 2.13. The summed E-state index contributed by atoms with van der Waals surface area (Å²) in [6.07, 6.45) is 0.625. The molecule has 2 unspecified atom stereocenters. The highest BCUT2D eigenvalue weighted by molar-refractivity contribution is 5.79. The number of hydrogen-bond acceptors (Lipinski definition) is 2. The first-order chi connectivity index (χ1) is 6.36. The molecular weight excluding hydrogens is 176 g/mol. The van der Waals surface area contributed by atoms with Crippen LogP contribution in [0.15, 0.2) is 0 Å². The Labute approximate surface area is 86.5 Å². The van der Waals surface area contributed by atoms with Crippen LogP contribution in [-0.2, 0) is 4.79 Å². The molecule has 0 aliphatic heterocycles. The van der Waals surface area contributed by atoms with E-state index in [1.807, 2.05) is 27.7 Å². The fraction of sp³-hybridized carbons (Fsp3) is 0.818. The van der Waals surface area contributed by atoms with E-state index in [1.165, 1.54) is 0 Å². The van der Waals surface area contributed by atoms with Gasteiger partial charge in [-0.2, -0.15) is 5.26 Å². The topological polar surface area (TPSA) is 52.9 Å². The van der Waals surface area contributed by atoms with E-state index in [-0.39, 0.29) is 11.8 Å². The van der Waals surface area contributed by atoms with Gasteiger partial charge < -0.3 is 5.32 Å². The van der Waals surface area contributed by atoms with E-state index in [0.717, 1.165) is 0 Å². The first-order valence-electron chi connectivity index (χ1n) is 5.09. The number of carbonyl (C=O) groups is 1. The quantitative estimate of drug-likeness (QED) is 0.748. The fourth-order valence-electron chi connectivity index (χ4n) is 0.884. The molecule has 0 aliphatic carbocycles. The summed E-state index contributed by atoms with van der Waals surface area (Å²) in [6.45, 7) is 9.52. The molecular formula is C11H20N2O. The van der Waals surface area contributed by atoms with E-state index in [1.54, 1.807) is 6.92 Å². The van der Waals surface area contributed by atoms with Gasteiger partial charge in [-0.15, -0.1) is 0 Å². The molecule has 14 heavy (non-hydrogen) atoms. The van der Waals surface area contributed by atoms with E-state index in [2.05, 4.69) is 11.4 Å². The van der Waals surface area contributed by atoms with Crippen molar-refractivity contribution in [3.63, 3.8) is 0 Å². The first kappa shape index (κ1) is 13.0. The van der Waals surface area contributed by atoms with E-state index < -0.39 is 5.54 Å². The monoisotopic (exact) mass is 196 g/mol. The lowest BCUT2D eigenvalue weighted by Gasteiger charge is -2.24. The molecule has 0 saturated carbocycles. The van der Waals surface area contributed by atoms with Gasteiger partial charge >= 0.3 is 0 Å². The third-order valence-electron chi connectivity index (χ3n) is 2.77. The number of nitrogens with zero attached hydrogens (tertiary/aromatic N) is 1. The average molecular weight is 196 g/mol. The summed E-state index contributed by atoms with van der Waals surface area (Å²) < 4.78 is 0. The summed E-state index contributed by atoms with van der Waals surface area (Å²) in [4.78, 5) is 11.7. The second-order valence-electron chi connectivity index (χ2n) is 4.32. The Morgan fingerprint density at radius 1 is 1.50 bits per heavy atom. The largest absolute Gasteiger partial charge is 0.338 e. The lowest BCUT2D eigenvalue weighted by molar-refractivity contribution is -0.127. The van der Waals surface area contributed by atoms with Crippen LogP contribution in [0.2, 0.25) is 0 Å². The van der Waals surface area contributed by atoms with E-state index in [0.29, 0.717) is 12.3 Å². The lowest BCUT2D eigenvalue weighted by atomic mass is 9.94. The maximum atomic E-state index is 11.7. The Bertz CT molecular complexity index is 242. The molecule has 1 N–H and O–H groups in total. The Balaban J connectivity index is 4.40. The van der Waals surface area contributed by atoms with Crippen molar-refractivity contribution in [1.29, 1.82) is 5.26 Å². The molecule has 3 heteroatoms. The average Bonchev–Trinajstić information content (AvgIpc) is 2.16. The number of nitrogens with one attached hydrogen (secondary N) is 1. The van der Waals surface area contributed by atoms with Crippen molar-refractivity contribution in [2.24, 2.45) is 11.8 Å². The molecule has 0 spiro atoms. The van der Waals surface area contributed by atoms with E-state index in [9.17, 15) is 4.79 Å². The van der Waals surface area contributed by atoms with Crippen LogP contribution in [0.5, 0.6) is 0 Å². The summed E-state index contributed by atoms with van der Waals surface area (Å²) >= 11 is 0. The molecule has 2 atom stereocenters. The summed E-state index contributed by atoms with van der Waals surface area (Å²) in [5, 5.41) is 11.7. The zero-order chi connectivity index (χ0) is 11.4. The Morgan fingerprint density at radius 2 is 2.00 bits per heavy atom. The second kappa shape index (κ2) is 4.99. The van der Waals surface area contributed by atoms with Gasteiger partial charge in [-0.05, 0) is 19.3 Å². The fourth-order valence-corrected chi connectivity index (χ4v) is 0.884. The number of amides is 1.